The number of anilines is 1. The van der Waals surface area contributed by atoms with E-state index < -0.39 is 10.0 Å². The maximum Gasteiger partial charge on any atom is 0.232 e. The molecule has 1 heterocycles. The number of nitrogens with one attached hydrogen (secondary N) is 1. The van der Waals surface area contributed by atoms with Crippen molar-refractivity contribution in [3.8, 4) is 5.75 Å². The van der Waals surface area contributed by atoms with Gasteiger partial charge in [-0.1, -0.05) is 61.2 Å². The molecule has 0 aliphatic heterocycles. The van der Waals surface area contributed by atoms with Gasteiger partial charge in [0.2, 0.25) is 10.0 Å². The molecule has 2 N–H and O–H groups in total. The van der Waals surface area contributed by atoms with Gasteiger partial charge in [-0.2, -0.15) is 0 Å². The lowest BCUT2D eigenvalue weighted by atomic mass is 10.1. The highest BCUT2D eigenvalue weighted by Crippen LogP contribution is 2.44. The van der Waals surface area contributed by atoms with Crippen molar-refractivity contribution in [2.45, 2.75) is 23.1 Å². The van der Waals surface area contributed by atoms with Crippen molar-refractivity contribution in [3.05, 3.63) is 66.9 Å². The van der Waals surface area contributed by atoms with Crippen molar-refractivity contribution < 1.29 is 13.5 Å². The predicted molar refractivity (Wildman–Crippen MR) is 119 cm³/mol. The number of rotatable bonds is 6. The first kappa shape index (κ1) is 19.5. The molecule has 29 heavy (non-hydrogen) atoms. The monoisotopic (exact) mass is 424 g/mol. The van der Waals surface area contributed by atoms with E-state index in [0.717, 1.165) is 15.8 Å². The van der Waals surface area contributed by atoms with Crippen molar-refractivity contribution >= 4 is 49.1 Å². The van der Waals surface area contributed by atoms with Crippen LogP contribution in [0.1, 0.15) is 13.3 Å². The van der Waals surface area contributed by atoms with Crippen LogP contribution in [-0.4, -0.2) is 24.3 Å². The van der Waals surface area contributed by atoms with Crippen molar-refractivity contribution in [1.29, 1.82) is 0 Å². The molecule has 3 aromatic carbocycles. The maximum absolute atomic E-state index is 12.4. The lowest BCUT2D eigenvalue weighted by molar-refractivity contribution is 0.469. The van der Waals surface area contributed by atoms with Crippen LogP contribution in [0.5, 0.6) is 5.75 Å². The molecule has 1 aromatic heterocycles. The summed E-state index contributed by atoms with van der Waals surface area (Å²) in [6.07, 6.45) is 2.26. The first-order chi connectivity index (χ1) is 14.0. The number of sulfonamides is 1. The van der Waals surface area contributed by atoms with Crippen molar-refractivity contribution in [2.24, 2.45) is 0 Å². The molecule has 0 atom stereocenters. The summed E-state index contributed by atoms with van der Waals surface area (Å²) in [6.45, 7) is 1.82. The molecule has 5 nitrogen and oxygen atoms in total. The highest BCUT2D eigenvalue weighted by atomic mass is 32.2. The largest absolute Gasteiger partial charge is 0.506 e. The van der Waals surface area contributed by atoms with E-state index in [2.05, 4.69) is 9.71 Å². The van der Waals surface area contributed by atoms with Crippen LogP contribution in [0.25, 0.3) is 21.7 Å². The number of para-hydroxylation sites is 1. The van der Waals surface area contributed by atoms with Gasteiger partial charge in [-0.3, -0.25) is 9.71 Å². The second kappa shape index (κ2) is 7.93. The van der Waals surface area contributed by atoms with Crippen LogP contribution >= 0.6 is 11.8 Å². The summed E-state index contributed by atoms with van der Waals surface area (Å²) in [5, 5.41) is 13.1. The first-order valence-electron chi connectivity index (χ1n) is 9.25. The Kier molecular flexibility index (Phi) is 5.34. The molecule has 0 spiro atoms. The summed E-state index contributed by atoms with van der Waals surface area (Å²) < 4.78 is 27.5. The third kappa shape index (κ3) is 4.02. The first-order valence-corrected chi connectivity index (χ1v) is 11.7. The van der Waals surface area contributed by atoms with Crippen LogP contribution in [-0.2, 0) is 10.0 Å². The van der Waals surface area contributed by atoms with Gasteiger partial charge < -0.3 is 5.11 Å². The van der Waals surface area contributed by atoms with E-state index in [1.165, 1.54) is 11.8 Å². The van der Waals surface area contributed by atoms with E-state index in [9.17, 15) is 13.5 Å². The molecule has 0 aliphatic rings. The molecular formula is C22H20N2O3S2. The number of hydrogen-bond donors (Lipinski definition) is 2. The number of hydrogen-bond acceptors (Lipinski definition) is 5. The van der Waals surface area contributed by atoms with Gasteiger partial charge in [0.15, 0.2) is 0 Å². The fraction of sp³-hybridized carbons (Fsp3) is 0.136. The summed E-state index contributed by atoms with van der Waals surface area (Å²) in [4.78, 5) is 5.91. The summed E-state index contributed by atoms with van der Waals surface area (Å²) in [6, 6.07) is 18.6. The summed E-state index contributed by atoms with van der Waals surface area (Å²) in [7, 11) is -3.47. The molecule has 0 unspecified atom stereocenters. The molecule has 0 aliphatic carbocycles. The van der Waals surface area contributed by atoms with Gasteiger partial charge >= 0.3 is 0 Å². The summed E-state index contributed by atoms with van der Waals surface area (Å²) >= 11 is 1.36. The normalized spacial score (nSPS) is 11.8. The Bertz CT molecular complexity index is 1300. The number of fused-ring (bicyclic) bond motifs is 2. The molecule has 4 aromatic rings. The minimum atomic E-state index is -3.47. The van der Waals surface area contributed by atoms with Crippen LogP contribution in [0.3, 0.4) is 0 Å². The van der Waals surface area contributed by atoms with Crippen molar-refractivity contribution in [1.82, 2.24) is 4.98 Å². The molecule has 0 saturated carbocycles. The third-order valence-electron chi connectivity index (χ3n) is 4.54. The molecule has 0 bridgehead atoms. The lowest BCUT2D eigenvalue weighted by Crippen LogP contribution is -2.16. The number of phenols is 1. The average Bonchev–Trinajstić information content (AvgIpc) is 2.71. The van der Waals surface area contributed by atoms with Crippen LogP contribution in [0, 0.1) is 0 Å². The Hall–Kier alpha value is -2.77. The van der Waals surface area contributed by atoms with Crippen LogP contribution in [0.4, 0.5) is 5.69 Å². The molecular weight excluding hydrogens is 404 g/mol. The summed E-state index contributed by atoms with van der Waals surface area (Å²) in [5.41, 5.74) is 1.29. The van der Waals surface area contributed by atoms with E-state index in [4.69, 9.17) is 0 Å². The van der Waals surface area contributed by atoms with Gasteiger partial charge in [-0.05, 0) is 24.6 Å². The number of nitrogens with zero attached hydrogens (tertiary/aromatic N) is 1. The van der Waals surface area contributed by atoms with E-state index in [1.807, 2.05) is 49.4 Å². The van der Waals surface area contributed by atoms with Crippen molar-refractivity contribution in [2.75, 3.05) is 10.5 Å². The molecule has 0 fully saturated rings. The second-order valence-corrected chi connectivity index (χ2v) is 9.60. The zero-order chi connectivity index (χ0) is 20.4. The molecule has 7 heteroatoms. The third-order valence-corrected chi connectivity index (χ3v) is 7.09. The molecule has 4 rings (SSSR count). The van der Waals surface area contributed by atoms with E-state index in [-0.39, 0.29) is 11.5 Å². The Balaban J connectivity index is 1.85. The summed E-state index contributed by atoms with van der Waals surface area (Å²) in [5.74, 6) is 0.162. The molecule has 148 valence electrons. The lowest BCUT2D eigenvalue weighted by Gasteiger charge is -2.15. The molecule has 0 amide bonds. The van der Waals surface area contributed by atoms with Gasteiger partial charge in [0.25, 0.3) is 0 Å². The standard InChI is InChI=1S/C22H20N2O3S2/c1-2-13-29(26,27)24-18-14-20(22(25)17-10-4-3-9-16(17)18)28-19-11-5-7-15-8-6-12-23-21(15)19/h3-12,14,24-25H,2,13H2,1H3. The van der Waals surface area contributed by atoms with Crippen LogP contribution in [0.2, 0.25) is 0 Å². The van der Waals surface area contributed by atoms with Gasteiger partial charge in [0, 0.05) is 27.3 Å². The molecule has 0 radical (unpaired) electrons. The smallest absolute Gasteiger partial charge is 0.232 e. The van der Waals surface area contributed by atoms with Crippen molar-refractivity contribution in [3.63, 3.8) is 0 Å². The molecule has 0 saturated heterocycles. The number of benzene rings is 3. The fourth-order valence-corrected chi connectivity index (χ4v) is 5.44. The Morgan fingerprint density at radius 1 is 1.00 bits per heavy atom. The van der Waals surface area contributed by atoms with E-state index in [1.54, 1.807) is 24.4 Å². The van der Waals surface area contributed by atoms with Gasteiger partial charge in [-0.15, -0.1) is 0 Å². The number of pyridine rings is 1. The van der Waals surface area contributed by atoms with Crippen LogP contribution < -0.4 is 4.72 Å². The number of phenolic OH excluding ortho intramolecular Hbond substituents is 1. The zero-order valence-corrected chi connectivity index (χ0v) is 17.4. The Morgan fingerprint density at radius 2 is 1.76 bits per heavy atom. The maximum atomic E-state index is 12.4. The minimum Gasteiger partial charge on any atom is -0.506 e. The Morgan fingerprint density at radius 3 is 2.55 bits per heavy atom. The number of aromatic nitrogens is 1. The highest BCUT2D eigenvalue weighted by Gasteiger charge is 2.17. The van der Waals surface area contributed by atoms with Crippen LogP contribution in [0.15, 0.2) is 76.7 Å². The quantitative estimate of drug-likeness (QED) is 0.405. The van der Waals surface area contributed by atoms with E-state index >= 15 is 0 Å². The number of aromatic hydroxyl groups is 1. The van der Waals surface area contributed by atoms with Gasteiger partial charge in [0.1, 0.15) is 5.75 Å². The predicted octanol–water partition coefficient (Wildman–Crippen LogP) is 5.40. The van der Waals surface area contributed by atoms with Gasteiger partial charge in [-0.25, -0.2) is 8.42 Å². The SMILES string of the molecule is CCCS(=O)(=O)Nc1cc(Sc2cccc3cccnc23)c(O)c2ccccc12. The van der Waals surface area contributed by atoms with Gasteiger partial charge in [0.05, 0.1) is 21.9 Å². The topological polar surface area (TPSA) is 79.3 Å². The zero-order valence-electron chi connectivity index (χ0n) is 15.8. The fourth-order valence-electron chi connectivity index (χ4n) is 3.26. The second-order valence-electron chi connectivity index (χ2n) is 6.67. The van der Waals surface area contributed by atoms with E-state index in [0.29, 0.717) is 27.8 Å². The minimum absolute atomic E-state index is 0.0396. The highest BCUT2D eigenvalue weighted by molar-refractivity contribution is 7.99. The average molecular weight is 425 g/mol. The Labute approximate surface area is 173 Å².